The van der Waals surface area contributed by atoms with Gasteiger partial charge in [0.15, 0.2) is 0 Å². The summed E-state index contributed by atoms with van der Waals surface area (Å²) in [5, 5.41) is 0. The second-order valence-corrected chi connectivity index (χ2v) is 5.99. The van der Waals surface area contributed by atoms with E-state index < -0.39 is 0 Å². The van der Waals surface area contributed by atoms with Crippen molar-refractivity contribution in [2.75, 3.05) is 6.61 Å². The highest BCUT2D eigenvalue weighted by atomic mass is 16.5. The predicted octanol–water partition coefficient (Wildman–Crippen LogP) is 0.520. The fraction of sp³-hybridized carbons (Fsp3) is 1.00. The Morgan fingerprint density at radius 1 is 0.692 bits per heavy atom. The van der Waals surface area contributed by atoms with Gasteiger partial charge in [0.2, 0.25) is 0 Å². The van der Waals surface area contributed by atoms with Crippen LogP contribution in [-0.2, 0) is 9.47 Å². The van der Waals surface area contributed by atoms with Gasteiger partial charge in [0.05, 0.1) is 24.9 Å². The molecule has 3 saturated carbocycles. The number of fused-ring (bicyclic) bond motifs is 1. The number of hydrogen-bond donors (Lipinski definition) is 0. The van der Waals surface area contributed by atoms with Gasteiger partial charge in [-0.05, 0) is 35.5 Å². The van der Waals surface area contributed by atoms with Crippen LogP contribution in [-0.4, -0.2) is 24.9 Å². The van der Waals surface area contributed by atoms with Crippen molar-refractivity contribution >= 4 is 0 Å². The summed E-state index contributed by atoms with van der Waals surface area (Å²) in [6.07, 6.45) is 1.98. The maximum absolute atomic E-state index is 6.17. The molecule has 13 heavy (non-hydrogen) atoms. The second-order valence-electron chi connectivity index (χ2n) is 5.99. The Labute approximate surface area is 76.6 Å². The predicted molar refractivity (Wildman–Crippen MR) is 42.8 cm³/mol. The molecule has 4 heterocycles. The molecule has 0 aromatic carbocycles. The minimum atomic E-state index is 0.638. The summed E-state index contributed by atoms with van der Waals surface area (Å²) in [6.45, 7) is 1.07. The van der Waals surface area contributed by atoms with Crippen LogP contribution in [0, 0.1) is 41.4 Å². The molecule has 0 aromatic heterocycles. The molecule has 0 aromatic rings. The summed E-state index contributed by atoms with van der Waals surface area (Å²) in [7, 11) is 0. The number of ether oxygens (including phenoxy) is 2. The first-order chi connectivity index (χ1) is 6.47. The van der Waals surface area contributed by atoms with Gasteiger partial charge in [0, 0.05) is 5.92 Å². The first-order valence-corrected chi connectivity index (χ1v) is 5.74. The average Bonchev–Trinajstić information content (AvgIpc) is 2.65. The molecule has 0 radical (unpaired) electrons. The van der Waals surface area contributed by atoms with Crippen LogP contribution in [0.15, 0.2) is 0 Å². The fourth-order valence-corrected chi connectivity index (χ4v) is 6.38. The highest BCUT2D eigenvalue weighted by molar-refractivity contribution is 5.32. The van der Waals surface area contributed by atoms with Gasteiger partial charge in [-0.2, -0.15) is 0 Å². The molecule has 7 rings (SSSR count). The quantitative estimate of drug-likeness (QED) is 0.535. The van der Waals surface area contributed by atoms with Crippen molar-refractivity contribution in [3.63, 3.8) is 0 Å². The zero-order chi connectivity index (χ0) is 7.89. The molecule has 7 fully saturated rings. The Balaban J connectivity index is 1.78. The van der Waals surface area contributed by atoms with Crippen LogP contribution in [0.5, 0.6) is 0 Å². The van der Waals surface area contributed by atoms with Crippen molar-refractivity contribution in [3.8, 4) is 0 Å². The normalized spacial score (nSPS) is 88.6. The largest absolute Gasteiger partial charge is 0.377 e. The van der Waals surface area contributed by atoms with Crippen molar-refractivity contribution in [3.05, 3.63) is 0 Å². The monoisotopic (exact) mass is 176 g/mol. The van der Waals surface area contributed by atoms with Crippen LogP contribution < -0.4 is 0 Å². The van der Waals surface area contributed by atoms with Crippen molar-refractivity contribution in [2.45, 2.75) is 18.3 Å². The lowest BCUT2D eigenvalue weighted by Crippen LogP contribution is -2.55. The molecule has 10 atom stereocenters. The van der Waals surface area contributed by atoms with E-state index in [1.807, 2.05) is 0 Å². The summed E-state index contributed by atoms with van der Waals surface area (Å²) < 4.78 is 12.1. The summed E-state index contributed by atoms with van der Waals surface area (Å²) >= 11 is 0. The topological polar surface area (TPSA) is 18.5 Å². The molecule has 0 unspecified atom stereocenters. The highest BCUT2D eigenvalue weighted by Crippen LogP contribution is 2.81. The van der Waals surface area contributed by atoms with Crippen LogP contribution in [0.2, 0.25) is 0 Å². The van der Waals surface area contributed by atoms with E-state index in [0.717, 1.165) is 48.0 Å². The van der Waals surface area contributed by atoms with Crippen molar-refractivity contribution < 1.29 is 9.47 Å². The molecule has 4 aliphatic heterocycles. The van der Waals surface area contributed by atoms with E-state index in [2.05, 4.69) is 0 Å². The zero-order valence-corrected chi connectivity index (χ0v) is 7.30. The van der Waals surface area contributed by atoms with Gasteiger partial charge < -0.3 is 9.47 Å². The number of hydrogen-bond acceptors (Lipinski definition) is 2. The molecule has 0 spiro atoms. The highest BCUT2D eigenvalue weighted by Gasteiger charge is 2.86. The van der Waals surface area contributed by atoms with Crippen LogP contribution in [0.25, 0.3) is 0 Å². The summed E-state index contributed by atoms with van der Waals surface area (Å²) in [4.78, 5) is 0. The van der Waals surface area contributed by atoms with Crippen molar-refractivity contribution in [1.29, 1.82) is 0 Å². The van der Waals surface area contributed by atoms with Crippen LogP contribution in [0.3, 0.4) is 0 Å². The molecule has 68 valence electrons. The minimum Gasteiger partial charge on any atom is -0.377 e. The second kappa shape index (κ2) is 1.31. The SMILES string of the molecule is C1O[C@H]2[C@H]3[C@H]4O[C@@H]5[C@@H]6[C@@H]([C@H]1[C@@H]53)[C@@H]2[C@@H]46. The fourth-order valence-electron chi connectivity index (χ4n) is 6.38. The van der Waals surface area contributed by atoms with Crippen LogP contribution >= 0.6 is 0 Å². The maximum atomic E-state index is 6.17. The van der Waals surface area contributed by atoms with Gasteiger partial charge in [-0.3, -0.25) is 0 Å². The van der Waals surface area contributed by atoms with Crippen LogP contribution in [0.1, 0.15) is 0 Å². The number of rotatable bonds is 0. The van der Waals surface area contributed by atoms with Crippen molar-refractivity contribution in [1.82, 2.24) is 0 Å². The van der Waals surface area contributed by atoms with E-state index in [0.29, 0.717) is 18.3 Å². The molecule has 0 N–H and O–H groups in total. The summed E-state index contributed by atoms with van der Waals surface area (Å²) in [6, 6.07) is 0. The third kappa shape index (κ3) is 0.316. The van der Waals surface area contributed by atoms with Gasteiger partial charge in [-0.1, -0.05) is 0 Å². The van der Waals surface area contributed by atoms with Gasteiger partial charge in [-0.15, -0.1) is 0 Å². The van der Waals surface area contributed by atoms with Gasteiger partial charge >= 0.3 is 0 Å². The molecule has 0 amide bonds. The Bertz CT molecular complexity index is 301. The van der Waals surface area contributed by atoms with E-state index in [1.165, 1.54) is 0 Å². The Kier molecular flexibility index (Phi) is 0.577. The third-order valence-corrected chi connectivity index (χ3v) is 6.28. The van der Waals surface area contributed by atoms with E-state index >= 15 is 0 Å². The molecule has 7 aliphatic rings. The molecular weight excluding hydrogens is 164 g/mol. The standard InChI is InChI=1S/C11H12O2/c1-2-3-5-7-6(3)10-4(2)8(9(5)12-1)11(7)13-10/h2-11H,1H2/t2-,3-,4+,5+,6+,7+,8-,9+,10-,11-/m0/s1. The van der Waals surface area contributed by atoms with Gasteiger partial charge in [0.25, 0.3) is 0 Å². The van der Waals surface area contributed by atoms with E-state index in [-0.39, 0.29) is 0 Å². The summed E-state index contributed by atoms with van der Waals surface area (Å²) in [5.41, 5.74) is 0. The minimum absolute atomic E-state index is 0.638. The van der Waals surface area contributed by atoms with Crippen molar-refractivity contribution in [2.24, 2.45) is 41.4 Å². The zero-order valence-electron chi connectivity index (χ0n) is 7.30. The lowest BCUT2D eigenvalue weighted by Gasteiger charge is -2.53. The van der Waals surface area contributed by atoms with E-state index in [4.69, 9.17) is 9.47 Å². The smallest absolute Gasteiger partial charge is 0.0671 e. The lowest BCUT2D eigenvalue weighted by molar-refractivity contribution is -0.184. The first-order valence-electron chi connectivity index (χ1n) is 5.74. The molecule has 4 bridgehead atoms. The molecule has 4 saturated heterocycles. The van der Waals surface area contributed by atoms with Gasteiger partial charge in [0.1, 0.15) is 0 Å². The lowest BCUT2D eigenvalue weighted by atomic mass is 9.56. The maximum Gasteiger partial charge on any atom is 0.0671 e. The average molecular weight is 176 g/mol. The van der Waals surface area contributed by atoms with Gasteiger partial charge in [-0.25, -0.2) is 0 Å². The Morgan fingerprint density at radius 2 is 1.46 bits per heavy atom. The summed E-state index contributed by atoms with van der Waals surface area (Å²) in [5.74, 6) is 6.63. The van der Waals surface area contributed by atoms with Crippen LogP contribution in [0.4, 0.5) is 0 Å². The molecule has 2 nitrogen and oxygen atoms in total. The molecular formula is C11H12O2. The third-order valence-electron chi connectivity index (χ3n) is 6.28. The van der Waals surface area contributed by atoms with E-state index in [1.54, 1.807) is 0 Å². The van der Waals surface area contributed by atoms with E-state index in [9.17, 15) is 0 Å². The molecule has 3 aliphatic carbocycles. The Hall–Kier alpha value is -0.0800. The first kappa shape index (κ1) is 5.72. The Morgan fingerprint density at radius 3 is 2.46 bits per heavy atom. The molecule has 2 heteroatoms.